The van der Waals surface area contributed by atoms with E-state index in [9.17, 15) is 0 Å². The third-order valence-corrected chi connectivity index (χ3v) is 2.86. The Kier molecular flexibility index (Phi) is 2.43. The van der Waals surface area contributed by atoms with Gasteiger partial charge >= 0.3 is 0 Å². The molecule has 0 saturated heterocycles. The van der Waals surface area contributed by atoms with Crippen molar-refractivity contribution in [3.8, 4) is 0 Å². The Bertz CT molecular complexity index is 429. The van der Waals surface area contributed by atoms with Gasteiger partial charge in [0.15, 0.2) is 10.8 Å². The van der Waals surface area contributed by atoms with Crippen LogP contribution in [-0.2, 0) is 6.54 Å². The molecule has 2 heterocycles. The lowest BCUT2D eigenvalue weighted by molar-refractivity contribution is 0.780. The average molecular weight is 210 g/mol. The molecule has 0 aliphatic carbocycles. The molecule has 0 unspecified atom stereocenters. The number of fused-ring (bicyclic) bond motifs is 1. The van der Waals surface area contributed by atoms with Gasteiger partial charge in [0.05, 0.1) is 5.69 Å². The first-order chi connectivity index (χ1) is 6.74. The summed E-state index contributed by atoms with van der Waals surface area (Å²) >= 11 is 1.66. The highest BCUT2D eigenvalue weighted by Gasteiger charge is 2.13. The van der Waals surface area contributed by atoms with Crippen LogP contribution in [0, 0.1) is 0 Å². The zero-order valence-electron chi connectivity index (χ0n) is 8.61. The van der Waals surface area contributed by atoms with E-state index in [0.717, 1.165) is 17.3 Å². The number of rotatable bonds is 3. The van der Waals surface area contributed by atoms with Crippen LogP contribution in [0.15, 0.2) is 11.6 Å². The first kappa shape index (κ1) is 9.48. The summed E-state index contributed by atoms with van der Waals surface area (Å²) in [7, 11) is 5.99. The Morgan fingerprint density at radius 3 is 3.00 bits per heavy atom. The Morgan fingerprint density at radius 2 is 2.36 bits per heavy atom. The fourth-order valence-electron chi connectivity index (χ4n) is 1.51. The van der Waals surface area contributed by atoms with Crippen molar-refractivity contribution in [1.82, 2.24) is 14.7 Å². The molecule has 0 aliphatic rings. The largest absolute Gasteiger partial charge is 0.361 e. The lowest BCUT2D eigenvalue weighted by atomic mass is 10.4. The first-order valence-corrected chi connectivity index (χ1v) is 5.38. The van der Waals surface area contributed by atoms with Crippen LogP contribution in [0.4, 0.5) is 5.82 Å². The summed E-state index contributed by atoms with van der Waals surface area (Å²) in [6, 6.07) is 0. The summed E-state index contributed by atoms with van der Waals surface area (Å²) in [5.41, 5.74) is 1.22. The number of aromatic nitrogens is 2. The lowest BCUT2D eigenvalue weighted by Gasteiger charge is -2.11. The molecule has 2 aromatic rings. The van der Waals surface area contributed by atoms with Crippen molar-refractivity contribution >= 4 is 22.1 Å². The Balaban J connectivity index is 2.57. The Morgan fingerprint density at radius 1 is 1.57 bits per heavy atom. The van der Waals surface area contributed by atoms with E-state index in [0.29, 0.717) is 0 Å². The van der Waals surface area contributed by atoms with E-state index < -0.39 is 0 Å². The van der Waals surface area contributed by atoms with Crippen molar-refractivity contribution in [3.05, 3.63) is 17.3 Å². The molecule has 0 aromatic carbocycles. The van der Waals surface area contributed by atoms with Crippen LogP contribution in [0.25, 0.3) is 4.96 Å². The van der Waals surface area contributed by atoms with Crippen LogP contribution in [0.5, 0.6) is 0 Å². The van der Waals surface area contributed by atoms with E-state index in [1.165, 1.54) is 5.69 Å². The molecule has 5 heteroatoms. The van der Waals surface area contributed by atoms with E-state index in [1.54, 1.807) is 11.3 Å². The SMILES string of the molecule is CNCc1c(N(C)C)nc2sccn12. The Hall–Kier alpha value is -1.07. The topological polar surface area (TPSA) is 32.6 Å². The van der Waals surface area contributed by atoms with Crippen LogP contribution in [0.2, 0.25) is 0 Å². The van der Waals surface area contributed by atoms with Crippen LogP contribution in [-0.4, -0.2) is 30.5 Å². The molecule has 0 fully saturated rings. The first-order valence-electron chi connectivity index (χ1n) is 4.50. The van der Waals surface area contributed by atoms with Gasteiger partial charge in [-0.05, 0) is 7.05 Å². The quantitative estimate of drug-likeness (QED) is 0.825. The zero-order valence-corrected chi connectivity index (χ0v) is 9.43. The van der Waals surface area contributed by atoms with Crippen LogP contribution in [0.1, 0.15) is 5.69 Å². The second-order valence-electron chi connectivity index (χ2n) is 3.36. The molecule has 0 spiro atoms. The molecule has 14 heavy (non-hydrogen) atoms. The molecule has 0 bridgehead atoms. The van der Waals surface area contributed by atoms with Gasteiger partial charge in [0, 0.05) is 32.2 Å². The van der Waals surface area contributed by atoms with E-state index >= 15 is 0 Å². The highest BCUT2D eigenvalue weighted by Crippen LogP contribution is 2.22. The molecule has 4 nitrogen and oxygen atoms in total. The van der Waals surface area contributed by atoms with E-state index in [4.69, 9.17) is 0 Å². The van der Waals surface area contributed by atoms with E-state index in [1.807, 2.05) is 26.0 Å². The predicted molar refractivity (Wildman–Crippen MR) is 60.2 cm³/mol. The van der Waals surface area contributed by atoms with Gasteiger partial charge in [-0.2, -0.15) is 0 Å². The lowest BCUT2D eigenvalue weighted by Crippen LogP contribution is -2.15. The molecular formula is C9H14N4S. The van der Waals surface area contributed by atoms with Gasteiger partial charge in [-0.15, -0.1) is 11.3 Å². The third-order valence-electron chi connectivity index (χ3n) is 2.11. The second kappa shape index (κ2) is 3.59. The number of hydrogen-bond donors (Lipinski definition) is 1. The van der Waals surface area contributed by atoms with Crippen molar-refractivity contribution in [2.45, 2.75) is 6.54 Å². The number of nitrogens with one attached hydrogen (secondary N) is 1. The maximum absolute atomic E-state index is 4.56. The highest BCUT2D eigenvalue weighted by molar-refractivity contribution is 7.15. The van der Waals surface area contributed by atoms with Gasteiger partial charge in [-0.25, -0.2) is 4.98 Å². The smallest absolute Gasteiger partial charge is 0.195 e. The third kappa shape index (κ3) is 1.38. The molecule has 0 amide bonds. The maximum atomic E-state index is 4.56. The number of anilines is 1. The fraction of sp³-hybridized carbons (Fsp3) is 0.444. The summed E-state index contributed by atoms with van der Waals surface area (Å²) in [4.78, 5) is 7.66. The Labute approximate surface area is 87.2 Å². The number of hydrogen-bond acceptors (Lipinski definition) is 4. The number of imidazole rings is 1. The van der Waals surface area contributed by atoms with Gasteiger partial charge in [0.2, 0.25) is 0 Å². The van der Waals surface area contributed by atoms with E-state index in [2.05, 4.69) is 26.3 Å². The molecule has 0 atom stereocenters. The van der Waals surface area contributed by atoms with Crippen molar-refractivity contribution in [2.75, 3.05) is 26.0 Å². The van der Waals surface area contributed by atoms with Gasteiger partial charge < -0.3 is 10.2 Å². The van der Waals surface area contributed by atoms with Crippen molar-refractivity contribution in [2.24, 2.45) is 0 Å². The molecular weight excluding hydrogens is 196 g/mol. The van der Waals surface area contributed by atoms with E-state index in [-0.39, 0.29) is 0 Å². The predicted octanol–water partition coefficient (Wildman–Crippen LogP) is 1.18. The van der Waals surface area contributed by atoms with Crippen LogP contribution >= 0.6 is 11.3 Å². The summed E-state index contributed by atoms with van der Waals surface area (Å²) in [5.74, 6) is 1.05. The molecule has 2 aromatic heterocycles. The number of thiazole rings is 1. The molecule has 0 saturated carbocycles. The normalized spacial score (nSPS) is 11.1. The summed E-state index contributed by atoms with van der Waals surface area (Å²) in [6.07, 6.45) is 2.06. The van der Waals surface area contributed by atoms with Crippen LogP contribution in [0.3, 0.4) is 0 Å². The summed E-state index contributed by atoms with van der Waals surface area (Å²) in [5, 5.41) is 5.22. The standard InChI is InChI=1S/C9H14N4S/c1-10-6-7-8(12(2)3)11-9-13(7)4-5-14-9/h4-5,10H,6H2,1-3H3. The van der Waals surface area contributed by atoms with Gasteiger partial charge in [-0.3, -0.25) is 4.40 Å². The molecule has 0 aliphatic heterocycles. The molecule has 1 N–H and O–H groups in total. The minimum absolute atomic E-state index is 0.839. The summed E-state index contributed by atoms with van der Waals surface area (Å²) in [6.45, 7) is 0.839. The van der Waals surface area contributed by atoms with Crippen molar-refractivity contribution in [1.29, 1.82) is 0 Å². The molecule has 0 radical (unpaired) electrons. The van der Waals surface area contributed by atoms with Crippen LogP contribution < -0.4 is 10.2 Å². The van der Waals surface area contributed by atoms with Gasteiger partial charge in [0.1, 0.15) is 0 Å². The van der Waals surface area contributed by atoms with Crippen molar-refractivity contribution in [3.63, 3.8) is 0 Å². The minimum atomic E-state index is 0.839. The second-order valence-corrected chi connectivity index (χ2v) is 4.24. The minimum Gasteiger partial charge on any atom is -0.361 e. The fourth-order valence-corrected chi connectivity index (χ4v) is 2.24. The van der Waals surface area contributed by atoms with Crippen molar-refractivity contribution < 1.29 is 0 Å². The number of nitrogens with zero attached hydrogens (tertiary/aromatic N) is 3. The highest BCUT2D eigenvalue weighted by atomic mass is 32.1. The maximum Gasteiger partial charge on any atom is 0.195 e. The summed E-state index contributed by atoms with van der Waals surface area (Å²) < 4.78 is 2.14. The monoisotopic (exact) mass is 210 g/mol. The van der Waals surface area contributed by atoms with Gasteiger partial charge in [-0.1, -0.05) is 0 Å². The average Bonchev–Trinajstić information content (AvgIpc) is 2.67. The zero-order chi connectivity index (χ0) is 10.1. The molecule has 2 rings (SSSR count). The molecule has 76 valence electrons. The van der Waals surface area contributed by atoms with Gasteiger partial charge in [0.25, 0.3) is 0 Å².